The van der Waals surface area contributed by atoms with Gasteiger partial charge < -0.3 is 4.40 Å². The molecule has 150 valence electrons. The molecule has 0 N–H and O–H groups in total. The predicted molar refractivity (Wildman–Crippen MR) is 140 cm³/mol. The summed E-state index contributed by atoms with van der Waals surface area (Å²) in [6, 6.07) is 39.4. The number of hydrogen-bond donors (Lipinski definition) is 0. The molecule has 7 rings (SSSR count). The van der Waals surface area contributed by atoms with Crippen LogP contribution in [0.25, 0.3) is 60.3 Å². The highest BCUT2D eigenvalue weighted by Crippen LogP contribution is 2.41. The number of benzene rings is 5. The van der Waals surface area contributed by atoms with Gasteiger partial charge in [-0.2, -0.15) is 0 Å². The lowest BCUT2D eigenvalue weighted by molar-refractivity contribution is 1.37. The van der Waals surface area contributed by atoms with Crippen molar-refractivity contribution in [2.45, 2.75) is 0 Å². The van der Waals surface area contributed by atoms with Crippen molar-refractivity contribution < 1.29 is 0 Å². The van der Waals surface area contributed by atoms with Crippen molar-refractivity contribution in [1.29, 1.82) is 0 Å². The molecule has 0 atom stereocenters. The van der Waals surface area contributed by atoms with Crippen LogP contribution in [0.5, 0.6) is 0 Å². The molecule has 2 heteroatoms. The highest BCUT2D eigenvalue weighted by atomic mass is 79.9. The Morgan fingerprint density at radius 3 is 1.94 bits per heavy atom. The van der Waals surface area contributed by atoms with E-state index in [-0.39, 0.29) is 0 Å². The monoisotopic (exact) mass is 471 g/mol. The highest BCUT2D eigenvalue weighted by Gasteiger charge is 2.18. The zero-order chi connectivity index (χ0) is 21.2. The summed E-state index contributed by atoms with van der Waals surface area (Å²) in [5.41, 5.74) is 8.79. The van der Waals surface area contributed by atoms with E-state index >= 15 is 0 Å². The Labute approximate surface area is 194 Å². The predicted octanol–water partition coefficient (Wildman–Crippen LogP) is 8.93. The number of rotatable bonds is 2. The molecule has 0 aliphatic rings. The molecule has 5 aromatic carbocycles. The molecule has 0 aliphatic heterocycles. The first-order chi connectivity index (χ1) is 15.8. The Bertz CT molecular complexity index is 1790. The molecule has 2 aromatic heterocycles. The van der Waals surface area contributed by atoms with Gasteiger partial charge in [0.05, 0.1) is 16.6 Å². The van der Waals surface area contributed by atoms with Gasteiger partial charge in [0.2, 0.25) is 0 Å². The molecule has 32 heavy (non-hydrogen) atoms. The summed E-state index contributed by atoms with van der Waals surface area (Å²) in [5, 5.41) is 5.26. The van der Waals surface area contributed by atoms with Gasteiger partial charge in [-0.3, -0.25) is 0 Å². The minimum absolute atomic E-state index is 1.11. The molecular formula is C30H18BrN. The SMILES string of the molecule is Brc1ccccc1-c1ccccc1-c1ccc2c(c1)c1cccc3c4ccccc4n2c31. The lowest BCUT2D eigenvalue weighted by Crippen LogP contribution is -1.87. The molecule has 0 amide bonds. The maximum Gasteiger partial charge on any atom is 0.0620 e. The largest absolute Gasteiger partial charge is 0.308 e. The third kappa shape index (κ3) is 2.39. The number of halogens is 1. The zero-order valence-corrected chi connectivity index (χ0v) is 18.8. The van der Waals surface area contributed by atoms with Crippen LogP contribution in [0.1, 0.15) is 0 Å². The summed E-state index contributed by atoms with van der Waals surface area (Å²) in [7, 11) is 0. The topological polar surface area (TPSA) is 4.41 Å². The quantitative estimate of drug-likeness (QED) is 0.237. The van der Waals surface area contributed by atoms with Crippen LogP contribution in [0.2, 0.25) is 0 Å². The average Bonchev–Trinajstić information content (AvgIpc) is 3.36. The lowest BCUT2D eigenvalue weighted by atomic mass is 9.93. The van der Waals surface area contributed by atoms with E-state index in [1.54, 1.807) is 0 Å². The molecule has 0 saturated heterocycles. The first kappa shape index (κ1) is 18.0. The van der Waals surface area contributed by atoms with E-state index in [1.165, 1.54) is 60.3 Å². The number of fused-ring (bicyclic) bond motifs is 6. The summed E-state index contributed by atoms with van der Waals surface area (Å²) in [5.74, 6) is 0. The number of para-hydroxylation sites is 2. The lowest BCUT2D eigenvalue weighted by Gasteiger charge is -2.12. The molecular weight excluding hydrogens is 454 g/mol. The van der Waals surface area contributed by atoms with Crippen molar-refractivity contribution >= 4 is 54.0 Å². The minimum atomic E-state index is 1.11. The van der Waals surface area contributed by atoms with Crippen molar-refractivity contribution in [3.8, 4) is 22.3 Å². The summed E-state index contributed by atoms with van der Waals surface area (Å²) in [6.07, 6.45) is 0. The number of hydrogen-bond acceptors (Lipinski definition) is 0. The summed E-state index contributed by atoms with van der Waals surface area (Å²) < 4.78 is 3.54. The third-order valence-electron chi connectivity index (χ3n) is 6.62. The van der Waals surface area contributed by atoms with Crippen molar-refractivity contribution in [3.63, 3.8) is 0 Å². The van der Waals surface area contributed by atoms with Crippen LogP contribution in [0.15, 0.2) is 114 Å². The second-order valence-corrected chi connectivity index (χ2v) is 9.17. The standard InChI is InChI=1S/C30H18BrN/c31-27-14-5-3-10-22(27)21-9-2-1-8-20(21)19-16-17-29-26(18-19)25-13-7-12-24-23-11-4-6-15-28(23)32(29)30(24)25/h1-18H. The third-order valence-corrected chi connectivity index (χ3v) is 7.32. The molecule has 0 unspecified atom stereocenters. The molecule has 0 fully saturated rings. The van der Waals surface area contributed by atoms with E-state index in [0.717, 1.165) is 4.47 Å². The van der Waals surface area contributed by atoms with Crippen molar-refractivity contribution in [2.24, 2.45) is 0 Å². The van der Waals surface area contributed by atoms with Gasteiger partial charge in [-0.05, 0) is 46.5 Å². The molecule has 0 saturated carbocycles. The van der Waals surface area contributed by atoms with E-state index in [4.69, 9.17) is 0 Å². The second-order valence-electron chi connectivity index (χ2n) is 8.31. The van der Waals surface area contributed by atoms with Crippen LogP contribution in [-0.4, -0.2) is 4.40 Å². The fraction of sp³-hybridized carbons (Fsp3) is 0. The Hall–Kier alpha value is -3.62. The van der Waals surface area contributed by atoms with Gasteiger partial charge in [-0.25, -0.2) is 0 Å². The summed E-state index contributed by atoms with van der Waals surface area (Å²) in [4.78, 5) is 0. The molecule has 0 spiro atoms. The minimum Gasteiger partial charge on any atom is -0.308 e. The van der Waals surface area contributed by atoms with Crippen LogP contribution in [0.4, 0.5) is 0 Å². The molecule has 0 bridgehead atoms. The van der Waals surface area contributed by atoms with Crippen LogP contribution in [0, 0.1) is 0 Å². The maximum atomic E-state index is 3.74. The number of nitrogens with zero attached hydrogens (tertiary/aromatic N) is 1. The van der Waals surface area contributed by atoms with E-state index < -0.39 is 0 Å². The van der Waals surface area contributed by atoms with Crippen molar-refractivity contribution in [3.05, 3.63) is 114 Å². The zero-order valence-electron chi connectivity index (χ0n) is 17.2. The first-order valence-corrected chi connectivity index (χ1v) is 11.6. The smallest absolute Gasteiger partial charge is 0.0620 e. The van der Waals surface area contributed by atoms with Crippen LogP contribution >= 0.6 is 15.9 Å². The van der Waals surface area contributed by atoms with E-state index in [0.29, 0.717) is 0 Å². The normalized spacial score (nSPS) is 11.9. The maximum absolute atomic E-state index is 3.74. The Morgan fingerprint density at radius 1 is 0.469 bits per heavy atom. The van der Waals surface area contributed by atoms with E-state index in [1.807, 2.05) is 0 Å². The average molecular weight is 472 g/mol. The molecule has 2 heterocycles. The van der Waals surface area contributed by atoms with Gasteiger partial charge in [-0.15, -0.1) is 0 Å². The Kier molecular flexibility index (Phi) is 3.76. The van der Waals surface area contributed by atoms with Crippen LogP contribution in [-0.2, 0) is 0 Å². The van der Waals surface area contributed by atoms with Crippen LogP contribution in [0.3, 0.4) is 0 Å². The van der Waals surface area contributed by atoms with E-state index in [9.17, 15) is 0 Å². The van der Waals surface area contributed by atoms with E-state index in [2.05, 4.69) is 130 Å². The molecule has 1 nitrogen and oxygen atoms in total. The number of aromatic nitrogens is 1. The fourth-order valence-corrected chi connectivity index (χ4v) is 5.75. The van der Waals surface area contributed by atoms with Gasteiger partial charge in [0.25, 0.3) is 0 Å². The van der Waals surface area contributed by atoms with Gasteiger partial charge >= 0.3 is 0 Å². The molecule has 0 aliphatic carbocycles. The van der Waals surface area contributed by atoms with Crippen LogP contribution < -0.4 is 0 Å². The highest BCUT2D eigenvalue weighted by molar-refractivity contribution is 9.10. The van der Waals surface area contributed by atoms with Gasteiger partial charge in [0.1, 0.15) is 0 Å². The Balaban J connectivity index is 1.55. The molecule has 7 aromatic rings. The second kappa shape index (κ2) is 6.69. The molecule has 0 radical (unpaired) electrons. The first-order valence-electron chi connectivity index (χ1n) is 10.8. The van der Waals surface area contributed by atoms with Gasteiger partial charge in [0.15, 0.2) is 0 Å². The summed E-state index contributed by atoms with van der Waals surface area (Å²) >= 11 is 3.74. The fourth-order valence-electron chi connectivity index (χ4n) is 5.25. The Morgan fingerprint density at radius 2 is 1.09 bits per heavy atom. The summed E-state index contributed by atoms with van der Waals surface area (Å²) in [6.45, 7) is 0. The van der Waals surface area contributed by atoms with Crippen molar-refractivity contribution in [2.75, 3.05) is 0 Å². The van der Waals surface area contributed by atoms with Gasteiger partial charge in [-0.1, -0.05) is 101 Å². The van der Waals surface area contributed by atoms with Crippen molar-refractivity contribution in [1.82, 2.24) is 4.40 Å². The van der Waals surface area contributed by atoms with Gasteiger partial charge in [0, 0.05) is 26.0 Å².